The number of thiocarbonyl (C=S) groups is 1. The Morgan fingerprint density at radius 3 is 2.30 bits per heavy atom. The van der Waals surface area contributed by atoms with Crippen LogP contribution in [0.15, 0.2) is 48.5 Å². The van der Waals surface area contributed by atoms with Crippen LogP contribution in [0.2, 0.25) is 0 Å². The molecule has 1 aliphatic rings. The Morgan fingerprint density at radius 1 is 1.04 bits per heavy atom. The van der Waals surface area contributed by atoms with Gasteiger partial charge in [-0.1, -0.05) is 31.2 Å². The Balaban J connectivity index is 1.71. The summed E-state index contributed by atoms with van der Waals surface area (Å²) in [7, 11) is 0. The van der Waals surface area contributed by atoms with Gasteiger partial charge in [0.15, 0.2) is 5.11 Å². The molecule has 0 aliphatic carbocycles. The van der Waals surface area contributed by atoms with Gasteiger partial charge >= 0.3 is 0 Å². The average molecular weight is 325 g/mol. The number of hydrogen-bond donors (Lipinski definition) is 2. The first-order valence-electron chi connectivity index (χ1n) is 7.24. The van der Waals surface area contributed by atoms with E-state index >= 15 is 0 Å². The number of anilines is 1. The molecule has 0 saturated heterocycles. The lowest BCUT2D eigenvalue weighted by atomic mass is 10.1. The van der Waals surface area contributed by atoms with Crippen molar-refractivity contribution >= 4 is 34.8 Å². The molecule has 2 aromatic carbocycles. The molecule has 5 nitrogen and oxygen atoms in total. The summed E-state index contributed by atoms with van der Waals surface area (Å²) in [6.07, 6.45) is 0.911. The van der Waals surface area contributed by atoms with Crippen LogP contribution < -0.4 is 10.7 Å². The highest BCUT2D eigenvalue weighted by Crippen LogP contribution is 2.20. The SMILES string of the molecule is CCc1cccc(NC(=S)NN2C(=O)c3ccccc3C2=O)c1. The Kier molecular flexibility index (Phi) is 4.08. The molecule has 6 heteroatoms. The van der Waals surface area contributed by atoms with Gasteiger partial charge in [0.1, 0.15) is 0 Å². The number of benzene rings is 2. The standard InChI is InChI=1S/C17H15N3O2S/c1-2-11-6-5-7-12(10-11)18-17(23)19-20-15(21)13-8-3-4-9-14(13)16(20)22/h3-10H,2H2,1H3,(H2,18,19,23). The smallest absolute Gasteiger partial charge is 0.280 e. The predicted octanol–water partition coefficient (Wildman–Crippen LogP) is 2.75. The number of imide groups is 1. The third-order valence-corrected chi connectivity index (χ3v) is 3.79. The maximum atomic E-state index is 12.3. The third kappa shape index (κ3) is 2.93. The van der Waals surface area contributed by atoms with Crippen LogP contribution in [-0.2, 0) is 6.42 Å². The van der Waals surface area contributed by atoms with Crippen LogP contribution in [0, 0.1) is 0 Å². The molecule has 2 N–H and O–H groups in total. The summed E-state index contributed by atoms with van der Waals surface area (Å²) in [6.45, 7) is 2.06. The minimum Gasteiger partial charge on any atom is -0.331 e. The molecule has 3 rings (SSSR count). The Morgan fingerprint density at radius 2 is 1.70 bits per heavy atom. The van der Waals surface area contributed by atoms with Crippen molar-refractivity contribution in [1.82, 2.24) is 10.4 Å². The number of aryl methyl sites for hydroxylation is 1. The predicted molar refractivity (Wildman–Crippen MR) is 92.1 cm³/mol. The van der Waals surface area contributed by atoms with Gasteiger partial charge in [-0.25, -0.2) is 0 Å². The van der Waals surface area contributed by atoms with E-state index in [0.29, 0.717) is 11.1 Å². The van der Waals surface area contributed by atoms with E-state index in [2.05, 4.69) is 17.7 Å². The second kappa shape index (κ2) is 6.18. The maximum Gasteiger partial charge on any atom is 0.280 e. The van der Waals surface area contributed by atoms with E-state index < -0.39 is 11.8 Å². The molecule has 0 aromatic heterocycles. The van der Waals surface area contributed by atoms with Crippen molar-refractivity contribution in [2.24, 2.45) is 0 Å². The fraction of sp³-hybridized carbons (Fsp3) is 0.118. The first kappa shape index (κ1) is 15.2. The molecule has 1 heterocycles. The molecule has 0 radical (unpaired) electrons. The summed E-state index contributed by atoms with van der Waals surface area (Å²) >= 11 is 5.20. The lowest BCUT2D eigenvalue weighted by Gasteiger charge is -2.18. The van der Waals surface area contributed by atoms with E-state index in [0.717, 1.165) is 17.1 Å². The number of carbonyl (C=O) groups excluding carboxylic acids is 2. The summed E-state index contributed by atoms with van der Waals surface area (Å²) in [5, 5.41) is 4.11. The van der Waals surface area contributed by atoms with Gasteiger partial charge in [-0.3, -0.25) is 15.0 Å². The monoisotopic (exact) mass is 325 g/mol. The van der Waals surface area contributed by atoms with Crippen LogP contribution in [0.4, 0.5) is 5.69 Å². The van der Waals surface area contributed by atoms with Crippen LogP contribution in [0.3, 0.4) is 0 Å². The van der Waals surface area contributed by atoms with Crippen molar-refractivity contribution in [3.8, 4) is 0 Å². The Labute approximate surface area is 139 Å². The number of nitrogens with zero attached hydrogens (tertiary/aromatic N) is 1. The number of amides is 2. The van der Waals surface area contributed by atoms with Gasteiger partial charge in [-0.05, 0) is 48.5 Å². The van der Waals surface area contributed by atoms with Gasteiger partial charge < -0.3 is 5.32 Å². The van der Waals surface area contributed by atoms with E-state index in [9.17, 15) is 9.59 Å². The minimum atomic E-state index is -0.406. The first-order chi connectivity index (χ1) is 11.1. The van der Waals surface area contributed by atoms with Gasteiger partial charge in [0.2, 0.25) is 0 Å². The molecule has 0 bridgehead atoms. The van der Waals surface area contributed by atoms with Gasteiger partial charge in [0, 0.05) is 5.69 Å². The number of fused-ring (bicyclic) bond motifs is 1. The van der Waals surface area contributed by atoms with E-state index in [1.165, 1.54) is 5.56 Å². The van der Waals surface area contributed by atoms with Gasteiger partial charge in [0.25, 0.3) is 11.8 Å². The van der Waals surface area contributed by atoms with Gasteiger partial charge in [-0.2, -0.15) is 5.01 Å². The molecule has 0 saturated carbocycles. The van der Waals surface area contributed by atoms with Crippen molar-refractivity contribution in [3.05, 3.63) is 65.2 Å². The molecule has 0 fully saturated rings. The zero-order valence-electron chi connectivity index (χ0n) is 12.5. The number of nitrogens with one attached hydrogen (secondary N) is 2. The summed E-state index contributed by atoms with van der Waals surface area (Å²) in [5.74, 6) is -0.811. The largest absolute Gasteiger partial charge is 0.331 e. The second-order valence-electron chi connectivity index (χ2n) is 5.11. The average Bonchev–Trinajstić information content (AvgIpc) is 2.80. The number of rotatable bonds is 3. The van der Waals surface area contributed by atoms with Crippen LogP contribution >= 0.6 is 12.2 Å². The molecule has 2 aromatic rings. The minimum absolute atomic E-state index is 0.188. The number of hydrogen-bond acceptors (Lipinski definition) is 3. The molecule has 116 valence electrons. The summed E-state index contributed by atoms with van der Waals surface area (Å²) < 4.78 is 0. The van der Waals surface area contributed by atoms with Crippen LogP contribution in [0.1, 0.15) is 33.2 Å². The van der Waals surface area contributed by atoms with Gasteiger partial charge in [0.05, 0.1) is 11.1 Å². The Bertz CT molecular complexity index is 769. The summed E-state index contributed by atoms with van der Waals surface area (Å²) in [6, 6.07) is 14.5. The molecule has 0 unspecified atom stereocenters. The van der Waals surface area contributed by atoms with Crippen molar-refractivity contribution in [3.63, 3.8) is 0 Å². The molecule has 1 aliphatic heterocycles. The topological polar surface area (TPSA) is 61.4 Å². The summed E-state index contributed by atoms with van der Waals surface area (Å²) in [4.78, 5) is 24.5. The lowest BCUT2D eigenvalue weighted by molar-refractivity contribution is 0.0613. The van der Waals surface area contributed by atoms with Crippen molar-refractivity contribution in [2.45, 2.75) is 13.3 Å². The fourth-order valence-electron chi connectivity index (χ4n) is 2.42. The third-order valence-electron chi connectivity index (χ3n) is 3.60. The normalized spacial score (nSPS) is 13.0. The molecule has 0 spiro atoms. The summed E-state index contributed by atoms with van der Waals surface area (Å²) in [5.41, 5.74) is 5.39. The van der Waals surface area contributed by atoms with E-state index in [-0.39, 0.29) is 5.11 Å². The Hall–Kier alpha value is -2.73. The molecule has 23 heavy (non-hydrogen) atoms. The highest BCUT2D eigenvalue weighted by molar-refractivity contribution is 7.80. The van der Waals surface area contributed by atoms with Crippen LogP contribution in [0.5, 0.6) is 0 Å². The molecular formula is C17H15N3O2S. The molecule has 0 atom stereocenters. The van der Waals surface area contributed by atoms with Crippen LogP contribution in [0.25, 0.3) is 0 Å². The van der Waals surface area contributed by atoms with E-state index in [1.54, 1.807) is 24.3 Å². The number of carbonyl (C=O) groups is 2. The highest BCUT2D eigenvalue weighted by atomic mass is 32.1. The zero-order chi connectivity index (χ0) is 16.4. The fourth-order valence-corrected chi connectivity index (χ4v) is 2.63. The van der Waals surface area contributed by atoms with Crippen LogP contribution in [-0.4, -0.2) is 21.9 Å². The first-order valence-corrected chi connectivity index (χ1v) is 7.65. The molecule has 2 amide bonds. The van der Waals surface area contributed by atoms with Crippen molar-refractivity contribution in [1.29, 1.82) is 0 Å². The maximum absolute atomic E-state index is 12.3. The lowest BCUT2D eigenvalue weighted by Crippen LogP contribution is -2.47. The van der Waals surface area contributed by atoms with Gasteiger partial charge in [-0.15, -0.1) is 0 Å². The number of hydrazine groups is 1. The second-order valence-corrected chi connectivity index (χ2v) is 5.52. The quantitative estimate of drug-likeness (QED) is 0.671. The van der Waals surface area contributed by atoms with Crippen molar-refractivity contribution < 1.29 is 9.59 Å². The van der Waals surface area contributed by atoms with E-state index in [4.69, 9.17) is 12.2 Å². The van der Waals surface area contributed by atoms with Crippen molar-refractivity contribution in [2.75, 3.05) is 5.32 Å². The molecular weight excluding hydrogens is 310 g/mol. The highest BCUT2D eigenvalue weighted by Gasteiger charge is 2.35. The zero-order valence-corrected chi connectivity index (χ0v) is 13.3. The van der Waals surface area contributed by atoms with E-state index in [1.807, 2.05) is 24.3 Å².